The van der Waals surface area contributed by atoms with Gasteiger partial charge in [0.05, 0.1) is 6.26 Å². The van der Waals surface area contributed by atoms with Gasteiger partial charge in [0, 0.05) is 60.3 Å². The zero-order valence-electron chi connectivity index (χ0n) is 18.7. The normalized spacial score (nSPS) is 25.8. The van der Waals surface area contributed by atoms with Crippen LogP contribution in [0.5, 0.6) is 0 Å². The van der Waals surface area contributed by atoms with Crippen LogP contribution in [-0.4, -0.2) is 60.2 Å². The molecule has 1 unspecified atom stereocenters. The fraction of sp³-hybridized carbons (Fsp3) is 0.609. The zero-order chi connectivity index (χ0) is 22.0. The van der Waals surface area contributed by atoms with E-state index in [-0.39, 0.29) is 6.04 Å². The molecule has 0 aromatic carbocycles. The summed E-state index contributed by atoms with van der Waals surface area (Å²) < 4.78 is 25.8. The number of aromatic nitrogens is 3. The van der Waals surface area contributed by atoms with Gasteiger partial charge < -0.3 is 0 Å². The second-order valence-corrected chi connectivity index (χ2v) is 10.8. The first kappa shape index (κ1) is 22.3. The van der Waals surface area contributed by atoms with Crippen LogP contribution >= 0.6 is 0 Å². The fourth-order valence-corrected chi connectivity index (χ4v) is 5.65. The lowest BCUT2D eigenvalue weighted by atomic mass is 9.74. The van der Waals surface area contributed by atoms with Crippen LogP contribution in [0.4, 0.5) is 0 Å². The largest absolute Gasteiger partial charge is 0.298 e. The van der Waals surface area contributed by atoms with Gasteiger partial charge in [-0.1, -0.05) is 13.8 Å². The maximum absolute atomic E-state index is 11.5. The Morgan fingerprint density at radius 2 is 1.94 bits per heavy atom. The molecule has 1 N–H and O–H groups in total. The third-order valence-electron chi connectivity index (χ3n) is 6.95. The average Bonchev–Trinajstić information content (AvgIpc) is 2.79. The summed E-state index contributed by atoms with van der Waals surface area (Å²) >= 11 is 0. The molecule has 3 aliphatic rings. The van der Waals surface area contributed by atoms with Gasteiger partial charge in [-0.3, -0.25) is 9.88 Å². The van der Waals surface area contributed by atoms with Gasteiger partial charge in [0.15, 0.2) is 5.82 Å². The molecule has 5 rings (SSSR count). The highest BCUT2D eigenvalue weighted by Gasteiger charge is 2.41. The third kappa shape index (κ3) is 5.13. The quantitative estimate of drug-likeness (QED) is 0.674. The van der Waals surface area contributed by atoms with Crippen LogP contribution in [0.15, 0.2) is 30.6 Å². The maximum Gasteiger partial charge on any atom is 0.208 e. The van der Waals surface area contributed by atoms with Gasteiger partial charge in [0.2, 0.25) is 10.0 Å². The predicted octanol–water partition coefficient (Wildman–Crippen LogP) is 3.17. The topological polar surface area (TPSA) is 88.1 Å². The van der Waals surface area contributed by atoms with Gasteiger partial charge in [-0.25, -0.2) is 23.1 Å². The van der Waals surface area contributed by atoms with Gasteiger partial charge in [-0.15, -0.1) is 0 Å². The number of hydrogen-bond acceptors (Lipinski definition) is 6. The molecular weight excluding hydrogens is 410 g/mol. The second-order valence-electron chi connectivity index (χ2n) is 8.95. The van der Waals surface area contributed by atoms with Crippen molar-refractivity contribution in [2.45, 2.75) is 57.4 Å². The van der Waals surface area contributed by atoms with E-state index in [0.29, 0.717) is 24.3 Å². The number of fused-ring (bicyclic) bond motifs is 3. The van der Waals surface area contributed by atoms with E-state index in [1.54, 1.807) is 12.4 Å². The van der Waals surface area contributed by atoms with Crippen molar-refractivity contribution in [1.29, 1.82) is 0 Å². The molecule has 0 spiro atoms. The molecule has 8 heteroatoms. The van der Waals surface area contributed by atoms with Gasteiger partial charge >= 0.3 is 0 Å². The lowest BCUT2D eigenvalue weighted by molar-refractivity contribution is 0.0317. The fourth-order valence-electron chi connectivity index (χ4n) is 5.15. The first-order valence-electron chi connectivity index (χ1n) is 11.4. The van der Waals surface area contributed by atoms with Crippen molar-refractivity contribution in [3.8, 4) is 11.4 Å². The Hall–Kier alpha value is -1.90. The lowest BCUT2D eigenvalue weighted by Gasteiger charge is -2.49. The summed E-state index contributed by atoms with van der Waals surface area (Å²) in [5.74, 6) is 2.09. The molecule has 4 atom stereocenters. The minimum Gasteiger partial charge on any atom is -0.298 e. The summed E-state index contributed by atoms with van der Waals surface area (Å²) in [7, 11) is -3.17. The summed E-state index contributed by atoms with van der Waals surface area (Å²) in [5, 5.41) is 0. The first-order valence-corrected chi connectivity index (χ1v) is 13.2. The Morgan fingerprint density at radius 1 is 1.19 bits per heavy atom. The Balaban J connectivity index is 1.63. The number of piperidine rings is 3. The Bertz CT molecular complexity index is 994. The van der Waals surface area contributed by atoms with E-state index in [2.05, 4.69) is 34.5 Å². The highest BCUT2D eigenvalue weighted by atomic mass is 32.2. The van der Waals surface area contributed by atoms with Crippen molar-refractivity contribution in [2.75, 3.05) is 25.9 Å². The van der Waals surface area contributed by atoms with E-state index in [1.807, 2.05) is 12.1 Å². The minimum absolute atomic E-state index is 0.268. The number of sulfonamides is 1. The molecule has 31 heavy (non-hydrogen) atoms. The first-order chi connectivity index (χ1) is 14.9. The zero-order valence-corrected chi connectivity index (χ0v) is 19.5. The molecule has 168 valence electrons. The van der Waals surface area contributed by atoms with E-state index in [1.165, 1.54) is 6.26 Å². The number of nitrogens with one attached hydrogen (secondary N) is 1. The minimum atomic E-state index is -3.17. The molecular formula is C23H33N5O2S. The van der Waals surface area contributed by atoms with Crippen molar-refractivity contribution in [3.63, 3.8) is 0 Å². The van der Waals surface area contributed by atoms with E-state index < -0.39 is 10.0 Å². The number of pyridine rings is 1. The molecule has 2 aromatic heterocycles. The standard InChI is InChI=1S/C23H33N5O2S/c1-4-16(5-2)21-13-22(27-23(26-21)17-6-9-24-10-7-17)20-15-28-11-8-18(20)12-19(28)14-25-31(3,29)30/h6-7,9-10,13,16,18-20,25H,4-5,8,11-12,14-15H2,1-3H3/t18-,19+,20-/m0/s1. The van der Waals surface area contributed by atoms with E-state index in [0.717, 1.165) is 61.5 Å². The Morgan fingerprint density at radius 3 is 2.55 bits per heavy atom. The molecule has 3 saturated heterocycles. The molecule has 0 radical (unpaired) electrons. The second kappa shape index (κ2) is 9.30. The SMILES string of the molecule is CCC(CC)c1cc([C@H]2CN3CC[C@H]2C[C@@H]3CNS(C)(=O)=O)nc(-c2ccncc2)n1. The number of hydrogen-bond donors (Lipinski definition) is 1. The Kier molecular flexibility index (Phi) is 6.69. The van der Waals surface area contributed by atoms with Gasteiger partial charge in [-0.2, -0.15) is 0 Å². The van der Waals surface area contributed by atoms with Crippen LogP contribution in [0.3, 0.4) is 0 Å². The van der Waals surface area contributed by atoms with Crippen LogP contribution in [0.2, 0.25) is 0 Å². The van der Waals surface area contributed by atoms with Crippen LogP contribution < -0.4 is 4.72 Å². The highest BCUT2D eigenvalue weighted by Crippen LogP contribution is 2.42. The molecule has 0 amide bonds. The average molecular weight is 444 g/mol. The van der Waals surface area contributed by atoms with Crippen LogP contribution in [0, 0.1) is 5.92 Å². The predicted molar refractivity (Wildman–Crippen MR) is 122 cm³/mol. The molecule has 3 aliphatic heterocycles. The number of nitrogens with zero attached hydrogens (tertiary/aromatic N) is 4. The summed E-state index contributed by atoms with van der Waals surface area (Å²) in [4.78, 5) is 16.5. The molecule has 2 aromatic rings. The molecule has 7 nitrogen and oxygen atoms in total. The van der Waals surface area contributed by atoms with Gasteiger partial charge in [0.1, 0.15) is 0 Å². The summed E-state index contributed by atoms with van der Waals surface area (Å²) in [6.07, 6.45) is 9.06. The van der Waals surface area contributed by atoms with Crippen LogP contribution in [0.25, 0.3) is 11.4 Å². The highest BCUT2D eigenvalue weighted by molar-refractivity contribution is 7.88. The van der Waals surface area contributed by atoms with Crippen molar-refractivity contribution < 1.29 is 8.42 Å². The van der Waals surface area contributed by atoms with Crippen molar-refractivity contribution >= 4 is 10.0 Å². The molecule has 2 bridgehead atoms. The monoisotopic (exact) mass is 443 g/mol. The molecule has 0 saturated carbocycles. The van der Waals surface area contributed by atoms with Crippen molar-refractivity contribution in [2.24, 2.45) is 5.92 Å². The van der Waals surface area contributed by atoms with Gasteiger partial charge in [-0.05, 0) is 56.3 Å². The molecule has 0 aliphatic carbocycles. The summed E-state index contributed by atoms with van der Waals surface area (Å²) in [6, 6.07) is 6.45. The van der Waals surface area contributed by atoms with E-state index >= 15 is 0 Å². The lowest BCUT2D eigenvalue weighted by Crippen LogP contribution is -2.56. The van der Waals surface area contributed by atoms with Crippen LogP contribution in [0.1, 0.15) is 62.8 Å². The van der Waals surface area contributed by atoms with Crippen LogP contribution in [-0.2, 0) is 10.0 Å². The third-order valence-corrected chi connectivity index (χ3v) is 7.64. The smallest absolute Gasteiger partial charge is 0.208 e. The molecule has 3 fully saturated rings. The summed E-state index contributed by atoms with van der Waals surface area (Å²) in [6.45, 7) is 6.88. The van der Waals surface area contributed by atoms with Gasteiger partial charge in [0.25, 0.3) is 0 Å². The van der Waals surface area contributed by atoms with E-state index in [9.17, 15) is 8.42 Å². The maximum atomic E-state index is 11.5. The number of rotatable bonds is 8. The van der Waals surface area contributed by atoms with Crippen molar-refractivity contribution in [3.05, 3.63) is 42.0 Å². The van der Waals surface area contributed by atoms with E-state index in [4.69, 9.17) is 9.97 Å². The molecule has 5 heterocycles. The Labute approximate surface area is 185 Å². The van der Waals surface area contributed by atoms with Crippen molar-refractivity contribution in [1.82, 2.24) is 24.6 Å². The summed E-state index contributed by atoms with van der Waals surface area (Å²) in [5.41, 5.74) is 3.27.